The molecule has 0 spiro atoms. The number of pyridine rings is 1. The second-order valence-corrected chi connectivity index (χ2v) is 4.03. The van der Waals surface area contributed by atoms with Gasteiger partial charge in [-0.05, 0) is 24.3 Å². The average molecular weight is 229 g/mol. The number of hydrogen-bond donors (Lipinski definition) is 0. The Morgan fingerprint density at radius 3 is 2.33 bits per heavy atom. The number of fused-ring (bicyclic) bond motifs is 1. The van der Waals surface area contributed by atoms with Gasteiger partial charge in [-0.2, -0.15) is 0 Å². The van der Waals surface area contributed by atoms with E-state index >= 15 is 0 Å². The molecule has 0 saturated heterocycles. The summed E-state index contributed by atoms with van der Waals surface area (Å²) < 4.78 is 0. The first-order valence-corrected chi connectivity index (χ1v) is 5.84. The van der Waals surface area contributed by atoms with E-state index in [0.717, 1.165) is 22.0 Å². The van der Waals surface area contributed by atoms with Gasteiger partial charge in [-0.25, -0.2) is 0 Å². The fourth-order valence-corrected chi connectivity index (χ4v) is 1.81. The van der Waals surface area contributed by atoms with Crippen LogP contribution in [0.5, 0.6) is 0 Å². The Hall–Kier alpha value is -2.59. The van der Waals surface area contributed by atoms with E-state index in [2.05, 4.69) is 29.0 Å². The molecule has 3 aromatic rings. The maximum Gasteiger partial charge on any atom is 0.0702 e. The molecule has 0 saturated carbocycles. The Morgan fingerprint density at radius 1 is 0.722 bits per heavy atom. The number of aromatic nitrogens is 1. The van der Waals surface area contributed by atoms with Crippen molar-refractivity contribution in [2.75, 3.05) is 0 Å². The summed E-state index contributed by atoms with van der Waals surface area (Å²) in [4.78, 5) is 4.39. The molecule has 2 aromatic carbocycles. The summed E-state index contributed by atoms with van der Waals surface area (Å²) in [7, 11) is 0. The molecular weight excluding hydrogens is 218 g/mol. The van der Waals surface area contributed by atoms with Crippen LogP contribution in [0.25, 0.3) is 10.9 Å². The highest BCUT2D eigenvalue weighted by atomic mass is 14.6. The summed E-state index contributed by atoms with van der Waals surface area (Å²) in [5, 5.41) is 1.12. The minimum absolute atomic E-state index is 0.942. The van der Waals surface area contributed by atoms with E-state index in [1.54, 1.807) is 0 Å². The summed E-state index contributed by atoms with van der Waals surface area (Å²) in [5.74, 6) is 6.28. The third-order valence-electron chi connectivity index (χ3n) is 2.72. The lowest BCUT2D eigenvalue weighted by Crippen LogP contribution is -1.81. The zero-order valence-electron chi connectivity index (χ0n) is 9.80. The molecule has 1 nitrogen and oxygen atoms in total. The van der Waals surface area contributed by atoms with Gasteiger partial charge in [0, 0.05) is 22.7 Å². The molecule has 0 atom stereocenters. The lowest BCUT2D eigenvalue weighted by molar-refractivity contribution is 1.39. The summed E-state index contributed by atoms with van der Waals surface area (Å²) in [5.41, 5.74) is 2.96. The van der Waals surface area contributed by atoms with Gasteiger partial charge in [-0.15, -0.1) is 0 Å². The van der Waals surface area contributed by atoms with Crippen molar-refractivity contribution in [3.8, 4) is 11.8 Å². The smallest absolute Gasteiger partial charge is 0.0702 e. The topological polar surface area (TPSA) is 12.9 Å². The van der Waals surface area contributed by atoms with Crippen LogP contribution in [0.3, 0.4) is 0 Å². The van der Waals surface area contributed by atoms with Gasteiger partial charge in [-0.1, -0.05) is 48.2 Å². The van der Waals surface area contributed by atoms with E-state index in [1.807, 2.05) is 54.7 Å². The van der Waals surface area contributed by atoms with Crippen LogP contribution >= 0.6 is 0 Å². The van der Waals surface area contributed by atoms with Gasteiger partial charge in [-0.3, -0.25) is 4.98 Å². The summed E-state index contributed by atoms with van der Waals surface area (Å²) in [6, 6.07) is 20.1. The molecule has 0 radical (unpaired) electrons. The Balaban J connectivity index is 1.99. The standard InChI is InChI=1S/C17H11N/c1-2-6-14(7-3-1)10-11-15-12-16-8-4-5-9-17(16)18-13-15/h1-9,12-13H. The molecule has 0 fully saturated rings. The summed E-state index contributed by atoms with van der Waals surface area (Å²) in [6.45, 7) is 0. The quantitative estimate of drug-likeness (QED) is 0.536. The first-order valence-electron chi connectivity index (χ1n) is 5.84. The van der Waals surface area contributed by atoms with Gasteiger partial charge in [0.25, 0.3) is 0 Å². The fourth-order valence-electron chi connectivity index (χ4n) is 1.81. The third kappa shape index (κ3) is 2.23. The van der Waals surface area contributed by atoms with Gasteiger partial charge in [0.15, 0.2) is 0 Å². The minimum Gasteiger partial charge on any atom is -0.255 e. The van der Waals surface area contributed by atoms with E-state index < -0.39 is 0 Å². The maximum atomic E-state index is 4.39. The van der Waals surface area contributed by atoms with Crippen molar-refractivity contribution in [1.29, 1.82) is 0 Å². The Kier molecular flexibility index (Phi) is 2.77. The Labute approximate surface area is 106 Å². The van der Waals surface area contributed by atoms with Gasteiger partial charge in [0.05, 0.1) is 5.52 Å². The van der Waals surface area contributed by atoms with E-state index in [4.69, 9.17) is 0 Å². The lowest BCUT2D eigenvalue weighted by atomic mass is 10.1. The van der Waals surface area contributed by atoms with Gasteiger partial charge in [0.1, 0.15) is 0 Å². The molecule has 1 heteroatoms. The highest BCUT2D eigenvalue weighted by Gasteiger charge is 1.94. The van der Waals surface area contributed by atoms with Crippen LogP contribution in [0, 0.1) is 11.8 Å². The largest absolute Gasteiger partial charge is 0.255 e. The van der Waals surface area contributed by atoms with Gasteiger partial charge < -0.3 is 0 Å². The molecule has 18 heavy (non-hydrogen) atoms. The molecule has 0 aliphatic carbocycles. The molecule has 0 bridgehead atoms. The molecular formula is C17H11N. The normalized spacial score (nSPS) is 9.78. The van der Waals surface area contributed by atoms with Crippen molar-refractivity contribution in [2.45, 2.75) is 0 Å². The van der Waals surface area contributed by atoms with E-state index in [1.165, 1.54) is 0 Å². The molecule has 0 aliphatic heterocycles. The van der Waals surface area contributed by atoms with Crippen molar-refractivity contribution in [3.05, 3.63) is 78.0 Å². The minimum atomic E-state index is 0.942. The van der Waals surface area contributed by atoms with Crippen LogP contribution in [0.2, 0.25) is 0 Å². The SMILES string of the molecule is C(#Cc1cnc2ccccc2c1)c1ccccc1. The fraction of sp³-hybridized carbons (Fsp3) is 0. The third-order valence-corrected chi connectivity index (χ3v) is 2.72. The highest BCUT2D eigenvalue weighted by molar-refractivity contribution is 5.79. The van der Waals surface area contributed by atoms with Crippen LogP contribution in [0.1, 0.15) is 11.1 Å². The molecule has 0 unspecified atom stereocenters. The highest BCUT2D eigenvalue weighted by Crippen LogP contribution is 2.11. The van der Waals surface area contributed by atoms with Crippen LogP contribution in [0.4, 0.5) is 0 Å². The predicted molar refractivity (Wildman–Crippen MR) is 74.2 cm³/mol. The van der Waals surface area contributed by atoms with Crippen molar-refractivity contribution < 1.29 is 0 Å². The zero-order valence-corrected chi connectivity index (χ0v) is 9.80. The van der Waals surface area contributed by atoms with E-state index in [9.17, 15) is 0 Å². The number of hydrogen-bond acceptors (Lipinski definition) is 1. The summed E-state index contributed by atoms with van der Waals surface area (Å²) >= 11 is 0. The Bertz CT molecular complexity index is 733. The van der Waals surface area contributed by atoms with Crippen LogP contribution in [-0.2, 0) is 0 Å². The predicted octanol–water partition coefficient (Wildman–Crippen LogP) is 3.63. The molecule has 1 aromatic heterocycles. The van der Waals surface area contributed by atoms with Gasteiger partial charge >= 0.3 is 0 Å². The molecule has 0 aliphatic rings. The molecule has 0 amide bonds. The van der Waals surface area contributed by atoms with Crippen LogP contribution in [0.15, 0.2) is 66.9 Å². The summed E-state index contributed by atoms with van der Waals surface area (Å²) in [6.07, 6.45) is 1.82. The average Bonchev–Trinajstić information content (AvgIpc) is 2.46. The second-order valence-electron chi connectivity index (χ2n) is 4.03. The molecule has 3 rings (SSSR count). The van der Waals surface area contributed by atoms with Crippen molar-refractivity contribution in [2.24, 2.45) is 0 Å². The number of para-hydroxylation sites is 1. The van der Waals surface area contributed by atoms with E-state index in [0.29, 0.717) is 0 Å². The number of nitrogens with zero attached hydrogens (tertiary/aromatic N) is 1. The molecule has 84 valence electrons. The molecule has 0 N–H and O–H groups in total. The number of rotatable bonds is 0. The van der Waals surface area contributed by atoms with Crippen molar-refractivity contribution in [3.63, 3.8) is 0 Å². The lowest BCUT2D eigenvalue weighted by Gasteiger charge is -1.96. The van der Waals surface area contributed by atoms with Crippen LogP contribution in [-0.4, -0.2) is 4.98 Å². The van der Waals surface area contributed by atoms with Crippen molar-refractivity contribution in [1.82, 2.24) is 4.98 Å². The zero-order chi connectivity index (χ0) is 12.2. The Morgan fingerprint density at radius 2 is 1.44 bits per heavy atom. The van der Waals surface area contributed by atoms with E-state index in [-0.39, 0.29) is 0 Å². The monoisotopic (exact) mass is 229 g/mol. The number of benzene rings is 2. The maximum absolute atomic E-state index is 4.39. The second kappa shape index (κ2) is 4.73. The molecule has 1 heterocycles. The van der Waals surface area contributed by atoms with Crippen molar-refractivity contribution >= 4 is 10.9 Å². The first kappa shape index (κ1) is 10.6. The van der Waals surface area contributed by atoms with Crippen LogP contribution < -0.4 is 0 Å². The van der Waals surface area contributed by atoms with Gasteiger partial charge in [0.2, 0.25) is 0 Å². The first-order chi connectivity index (χ1) is 8.92.